The summed E-state index contributed by atoms with van der Waals surface area (Å²) in [5.74, 6) is -0.257. The summed E-state index contributed by atoms with van der Waals surface area (Å²) in [5, 5.41) is 87.0. The molecule has 0 aromatic heterocycles. The Kier molecular flexibility index (Phi) is 40.5. The monoisotopic (exact) mass is 1020 g/mol. The SMILES string of the molecule is CC/C=C\C/C=C\C/C=C\CCCCCCCC(=O)NC(COC1OC(CO)C(OC2OC(CO)C(O)C(O)C2O)C(O)C1O)C(O)/C=C/CCCCCCCCCCCCCCCCCCCCCCC. The highest BCUT2D eigenvalue weighted by Gasteiger charge is 2.51. The van der Waals surface area contributed by atoms with Crippen molar-refractivity contribution in [2.75, 3.05) is 19.8 Å². The Balaban J connectivity index is 1.78. The number of allylic oxidation sites excluding steroid dienone is 7. The van der Waals surface area contributed by atoms with Crippen molar-refractivity contribution >= 4 is 5.91 Å². The Labute approximate surface area is 435 Å². The van der Waals surface area contributed by atoms with Gasteiger partial charge in [0.1, 0.15) is 48.8 Å². The van der Waals surface area contributed by atoms with Gasteiger partial charge in [-0.25, -0.2) is 0 Å². The molecule has 0 bridgehead atoms. The van der Waals surface area contributed by atoms with Gasteiger partial charge < -0.3 is 65.1 Å². The van der Waals surface area contributed by atoms with Crippen LogP contribution in [0.2, 0.25) is 0 Å². The molecule has 14 heteroatoms. The number of hydrogen-bond acceptors (Lipinski definition) is 13. The number of ether oxygens (including phenoxy) is 4. The molecule has 2 saturated heterocycles. The van der Waals surface area contributed by atoms with Crippen molar-refractivity contribution in [1.82, 2.24) is 5.32 Å². The van der Waals surface area contributed by atoms with Crippen LogP contribution >= 0.6 is 0 Å². The summed E-state index contributed by atoms with van der Waals surface area (Å²) in [6.45, 7) is 2.68. The first kappa shape index (κ1) is 66.1. The zero-order chi connectivity index (χ0) is 52.4. The molecule has 2 aliphatic rings. The Bertz CT molecular complexity index is 1390. The van der Waals surface area contributed by atoms with E-state index >= 15 is 0 Å². The molecule has 12 atom stereocenters. The first-order valence-electron chi connectivity index (χ1n) is 28.9. The molecule has 0 spiro atoms. The molecule has 14 nitrogen and oxygen atoms in total. The number of carbonyl (C=O) groups is 1. The van der Waals surface area contributed by atoms with Gasteiger partial charge in [0.15, 0.2) is 12.6 Å². The number of rotatable bonds is 45. The van der Waals surface area contributed by atoms with Gasteiger partial charge in [-0.1, -0.05) is 210 Å². The first-order valence-corrected chi connectivity index (χ1v) is 28.9. The molecule has 0 aliphatic carbocycles. The Morgan fingerprint density at radius 2 is 0.958 bits per heavy atom. The Hall–Kier alpha value is -2.05. The van der Waals surface area contributed by atoms with Crippen LogP contribution in [0.4, 0.5) is 0 Å². The maximum atomic E-state index is 13.2. The zero-order valence-corrected chi connectivity index (χ0v) is 44.9. The van der Waals surface area contributed by atoms with E-state index in [4.69, 9.17) is 18.9 Å². The zero-order valence-electron chi connectivity index (χ0n) is 44.9. The highest BCUT2D eigenvalue weighted by Crippen LogP contribution is 2.30. The van der Waals surface area contributed by atoms with Gasteiger partial charge in [0.25, 0.3) is 0 Å². The van der Waals surface area contributed by atoms with Crippen LogP contribution in [0.5, 0.6) is 0 Å². The van der Waals surface area contributed by atoms with Gasteiger partial charge >= 0.3 is 0 Å². The summed E-state index contributed by atoms with van der Waals surface area (Å²) in [7, 11) is 0. The lowest BCUT2D eigenvalue weighted by molar-refractivity contribution is -0.359. The number of unbranched alkanes of at least 4 members (excludes halogenated alkanes) is 26. The van der Waals surface area contributed by atoms with Crippen LogP contribution < -0.4 is 5.32 Å². The van der Waals surface area contributed by atoms with Gasteiger partial charge in [0, 0.05) is 6.42 Å². The summed E-state index contributed by atoms with van der Waals surface area (Å²) in [6, 6.07) is -0.925. The van der Waals surface area contributed by atoms with E-state index in [9.17, 15) is 45.6 Å². The van der Waals surface area contributed by atoms with E-state index in [-0.39, 0.29) is 18.9 Å². The summed E-state index contributed by atoms with van der Waals surface area (Å²) in [6.07, 6.45) is 37.2. The average Bonchev–Trinajstić information content (AvgIpc) is 3.38. The molecule has 72 heavy (non-hydrogen) atoms. The van der Waals surface area contributed by atoms with Crippen LogP contribution in [0.15, 0.2) is 48.6 Å². The van der Waals surface area contributed by atoms with E-state index in [1.807, 2.05) is 6.08 Å². The summed E-state index contributed by atoms with van der Waals surface area (Å²) in [5.41, 5.74) is 0. The summed E-state index contributed by atoms with van der Waals surface area (Å²) in [4.78, 5) is 13.2. The molecule has 0 radical (unpaired) electrons. The number of carbonyl (C=O) groups excluding carboxylic acids is 1. The second-order valence-corrected chi connectivity index (χ2v) is 20.4. The highest BCUT2D eigenvalue weighted by molar-refractivity contribution is 5.76. The lowest BCUT2D eigenvalue weighted by Gasteiger charge is -2.46. The maximum absolute atomic E-state index is 13.2. The van der Waals surface area contributed by atoms with Crippen LogP contribution in [0.1, 0.15) is 219 Å². The summed E-state index contributed by atoms with van der Waals surface area (Å²) < 4.78 is 22.7. The lowest BCUT2D eigenvalue weighted by atomic mass is 9.97. The van der Waals surface area contributed by atoms with Gasteiger partial charge in [-0.2, -0.15) is 0 Å². The van der Waals surface area contributed by atoms with Gasteiger partial charge in [0.05, 0.1) is 32.0 Å². The first-order chi connectivity index (χ1) is 35.1. The molecular formula is C58H105NO13. The van der Waals surface area contributed by atoms with Crippen molar-refractivity contribution in [3.8, 4) is 0 Å². The largest absolute Gasteiger partial charge is 0.394 e. The molecule has 12 unspecified atom stereocenters. The Morgan fingerprint density at radius 1 is 0.514 bits per heavy atom. The van der Waals surface area contributed by atoms with E-state index in [0.717, 1.165) is 70.6 Å². The average molecular weight is 1020 g/mol. The van der Waals surface area contributed by atoms with Crippen molar-refractivity contribution in [2.24, 2.45) is 0 Å². The van der Waals surface area contributed by atoms with Crippen molar-refractivity contribution in [3.63, 3.8) is 0 Å². The second-order valence-electron chi connectivity index (χ2n) is 20.4. The minimum Gasteiger partial charge on any atom is -0.394 e. The molecule has 2 rings (SSSR count). The minimum absolute atomic E-state index is 0.257. The molecule has 420 valence electrons. The number of hydrogen-bond donors (Lipinski definition) is 9. The second kappa shape index (κ2) is 44.1. The fraction of sp³-hybridized carbons (Fsp3) is 0.845. The third kappa shape index (κ3) is 29.9. The minimum atomic E-state index is -1.79. The molecule has 0 saturated carbocycles. The molecule has 0 aromatic rings. The molecule has 2 heterocycles. The fourth-order valence-electron chi connectivity index (χ4n) is 9.36. The molecule has 0 aromatic carbocycles. The van der Waals surface area contributed by atoms with Crippen molar-refractivity contribution in [2.45, 2.75) is 293 Å². The van der Waals surface area contributed by atoms with Crippen molar-refractivity contribution < 1.29 is 64.6 Å². The van der Waals surface area contributed by atoms with E-state index in [1.54, 1.807) is 6.08 Å². The lowest BCUT2D eigenvalue weighted by Crippen LogP contribution is -2.65. The molecule has 1 amide bonds. The van der Waals surface area contributed by atoms with Crippen LogP contribution in [0.25, 0.3) is 0 Å². The number of amides is 1. The van der Waals surface area contributed by atoms with E-state index < -0.39 is 86.8 Å². The topological polar surface area (TPSA) is 228 Å². The summed E-state index contributed by atoms with van der Waals surface area (Å²) >= 11 is 0. The van der Waals surface area contributed by atoms with Crippen LogP contribution in [-0.2, 0) is 23.7 Å². The number of aliphatic hydroxyl groups is 8. The van der Waals surface area contributed by atoms with E-state index in [2.05, 4.69) is 55.6 Å². The number of nitrogens with one attached hydrogen (secondary N) is 1. The van der Waals surface area contributed by atoms with Gasteiger partial charge in [-0.05, 0) is 51.4 Å². The van der Waals surface area contributed by atoms with Crippen LogP contribution in [0, 0.1) is 0 Å². The Morgan fingerprint density at radius 3 is 1.47 bits per heavy atom. The van der Waals surface area contributed by atoms with Gasteiger partial charge in [-0.3, -0.25) is 4.79 Å². The normalized spacial score (nSPS) is 25.9. The highest BCUT2D eigenvalue weighted by atomic mass is 16.7. The van der Waals surface area contributed by atoms with E-state index in [0.29, 0.717) is 6.42 Å². The number of aliphatic hydroxyl groups excluding tert-OH is 8. The molecule has 2 fully saturated rings. The third-order valence-corrected chi connectivity index (χ3v) is 14.0. The fourth-order valence-corrected chi connectivity index (χ4v) is 9.36. The maximum Gasteiger partial charge on any atom is 0.220 e. The smallest absolute Gasteiger partial charge is 0.220 e. The quantitative estimate of drug-likeness (QED) is 0.0205. The molecular weight excluding hydrogens is 919 g/mol. The molecule has 9 N–H and O–H groups in total. The predicted molar refractivity (Wildman–Crippen MR) is 286 cm³/mol. The van der Waals surface area contributed by atoms with Crippen molar-refractivity contribution in [1.29, 1.82) is 0 Å². The van der Waals surface area contributed by atoms with Crippen LogP contribution in [0.3, 0.4) is 0 Å². The van der Waals surface area contributed by atoms with Crippen LogP contribution in [-0.4, -0.2) is 140 Å². The van der Waals surface area contributed by atoms with Gasteiger partial charge in [-0.15, -0.1) is 0 Å². The standard InChI is InChI=1S/C58H105NO13/c1-3-5-7-9-11-13-15-17-19-20-21-22-23-24-25-26-28-29-31-33-35-37-39-41-47(62)46(59-50(63)42-40-38-36-34-32-30-27-18-16-14-12-10-8-6-4-2)45-69-57-55(68)53(66)56(49(44-61)71-57)72-58-54(67)52(65)51(64)48(43-60)70-58/h6,8,12,14,18,27,39,41,46-49,51-58,60-62,64-68H,3-5,7,9-11,13,15-17,19-26,28-38,40,42-45H2,1-2H3,(H,59,63)/b8-6-,14-12-,27-18-,41-39+. The predicted octanol–water partition coefficient (Wildman–Crippen LogP) is 9.22. The molecule has 2 aliphatic heterocycles. The third-order valence-electron chi connectivity index (χ3n) is 14.0. The van der Waals surface area contributed by atoms with E-state index in [1.165, 1.54) is 122 Å². The van der Waals surface area contributed by atoms with Gasteiger partial charge in [0.2, 0.25) is 5.91 Å². The van der Waals surface area contributed by atoms with Crippen molar-refractivity contribution in [3.05, 3.63) is 48.6 Å².